The lowest BCUT2D eigenvalue weighted by atomic mass is 10.2. The predicted molar refractivity (Wildman–Crippen MR) is 61.6 cm³/mol. The monoisotopic (exact) mass is 209 g/mol. The molecule has 0 fully saturated rings. The molecule has 0 saturated heterocycles. The zero-order valence-electron chi connectivity index (χ0n) is 9.40. The van der Waals surface area contributed by atoms with E-state index in [-0.39, 0.29) is 6.10 Å². The van der Waals surface area contributed by atoms with Gasteiger partial charge in [-0.25, -0.2) is 0 Å². The van der Waals surface area contributed by atoms with E-state index >= 15 is 0 Å². The lowest BCUT2D eigenvalue weighted by Gasteiger charge is -2.08. The van der Waals surface area contributed by atoms with E-state index in [9.17, 15) is 0 Å². The fourth-order valence-electron chi connectivity index (χ4n) is 1.15. The van der Waals surface area contributed by atoms with Gasteiger partial charge in [0.15, 0.2) is 0 Å². The van der Waals surface area contributed by atoms with Gasteiger partial charge in [0.05, 0.1) is 25.9 Å². The van der Waals surface area contributed by atoms with Crippen molar-refractivity contribution in [2.75, 3.05) is 18.9 Å². The summed E-state index contributed by atoms with van der Waals surface area (Å²) in [5, 5.41) is 0. The van der Waals surface area contributed by atoms with Crippen molar-refractivity contribution in [3.8, 4) is 0 Å². The molecule has 0 spiro atoms. The van der Waals surface area contributed by atoms with E-state index in [1.165, 1.54) is 0 Å². The third-order valence-electron chi connectivity index (χ3n) is 1.93. The lowest BCUT2D eigenvalue weighted by Crippen LogP contribution is -2.09. The van der Waals surface area contributed by atoms with Gasteiger partial charge in [-0.05, 0) is 31.5 Å². The highest BCUT2D eigenvalue weighted by molar-refractivity contribution is 5.39. The summed E-state index contributed by atoms with van der Waals surface area (Å²) < 4.78 is 10.8. The van der Waals surface area contributed by atoms with Crippen LogP contribution in [0, 0.1) is 0 Å². The van der Waals surface area contributed by atoms with Gasteiger partial charge in [0.2, 0.25) is 0 Å². The first-order chi connectivity index (χ1) is 7.18. The first-order valence-corrected chi connectivity index (χ1v) is 5.22. The minimum absolute atomic E-state index is 0.269. The SMILES string of the molecule is CC(C)OCCOCc1ccc(N)cc1. The molecule has 1 rings (SSSR count). The maximum Gasteiger partial charge on any atom is 0.0718 e. The van der Waals surface area contributed by atoms with Crippen LogP contribution in [0.15, 0.2) is 24.3 Å². The number of nitrogens with two attached hydrogens (primary N) is 1. The molecular formula is C12H19NO2. The average molecular weight is 209 g/mol. The highest BCUT2D eigenvalue weighted by Gasteiger charge is 1.95. The van der Waals surface area contributed by atoms with E-state index in [2.05, 4.69) is 0 Å². The number of hydrogen-bond acceptors (Lipinski definition) is 3. The van der Waals surface area contributed by atoms with Crippen molar-refractivity contribution in [2.24, 2.45) is 0 Å². The van der Waals surface area contributed by atoms with Crippen LogP contribution in [-0.4, -0.2) is 19.3 Å². The number of anilines is 1. The van der Waals surface area contributed by atoms with Crippen molar-refractivity contribution in [3.05, 3.63) is 29.8 Å². The summed E-state index contributed by atoms with van der Waals surface area (Å²) in [7, 11) is 0. The molecular weight excluding hydrogens is 190 g/mol. The van der Waals surface area contributed by atoms with E-state index in [1.807, 2.05) is 38.1 Å². The van der Waals surface area contributed by atoms with Crippen molar-refractivity contribution in [2.45, 2.75) is 26.6 Å². The van der Waals surface area contributed by atoms with Crippen LogP contribution < -0.4 is 5.73 Å². The molecule has 3 nitrogen and oxygen atoms in total. The molecule has 0 heterocycles. The quantitative estimate of drug-likeness (QED) is 0.577. The van der Waals surface area contributed by atoms with Crippen molar-refractivity contribution in [1.29, 1.82) is 0 Å². The minimum Gasteiger partial charge on any atom is -0.399 e. The van der Waals surface area contributed by atoms with Gasteiger partial charge in [-0.15, -0.1) is 0 Å². The fourth-order valence-corrected chi connectivity index (χ4v) is 1.15. The van der Waals surface area contributed by atoms with Gasteiger partial charge >= 0.3 is 0 Å². The lowest BCUT2D eigenvalue weighted by molar-refractivity contribution is 0.0143. The van der Waals surface area contributed by atoms with Crippen molar-refractivity contribution < 1.29 is 9.47 Å². The molecule has 15 heavy (non-hydrogen) atoms. The molecule has 0 saturated carbocycles. The van der Waals surface area contributed by atoms with Gasteiger partial charge < -0.3 is 15.2 Å². The van der Waals surface area contributed by atoms with Gasteiger partial charge in [0.1, 0.15) is 0 Å². The first-order valence-electron chi connectivity index (χ1n) is 5.22. The Morgan fingerprint density at radius 2 is 1.80 bits per heavy atom. The fraction of sp³-hybridized carbons (Fsp3) is 0.500. The molecule has 0 aliphatic carbocycles. The van der Waals surface area contributed by atoms with E-state index in [0.717, 1.165) is 11.3 Å². The molecule has 0 aromatic heterocycles. The van der Waals surface area contributed by atoms with Crippen LogP contribution >= 0.6 is 0 Å². The summed E-state index contributed by atoms with van der Waals surface area (Å²) in [6.45, 7) is 5.91. The van der Waals surface area contributed by atoms with Crippen LogP contribution in [0.5, 0.6) is 0 Å². The molecule has 0 atom stereocenters. The summed E-state index contributed by atoms with van der Waals surface area (Å²) in [5.41, 5.74) is 7.49. The number of nitrogen functional groups attached to an aromatic ring is 1. The first kappa shape index (κ1) is 12.0. The third-order valence-corrected chi connectivity index (χ3v) is 1.93. The minimum atomic E-state index is 0.269. The van der Waals surface area contributed by atoms with Crippen LogP contribution in [0.4, 0.5) is 5.69 Å². The molecule has 0 radical (unpaired) electrons. The Morgan fingerprint density at radius 3 is 2.40 bits per heavy atom. The smallest absolute Gasteiger partial charge is 0.0718 e. The van der Waals surface area contributed by atoms with Crippen LogP contribution in [-0.2, 0) is 16.1 Å². The Kier molecular flexibility index (Phi) is 5.15. The number of rotatable bonds is 6. The van der Waals surface area contributed by atoms with E-state index in [4.69, 9.17) is 15.2 Å². The second-order valence-electron chi connectivity index (χ2n) is 3.71. The molecule has 2 N–H and O–H groups in total. The van der Waals surface area contributed by atoms with E-state index < -0.39 is 0 Å². The normalized spacial score (nSPS) is 10.9. The van der Waals surface area contributed by atoms with Gasteiger partial charge in [-0.2, -0.15) is 0 Å². The van der Waals surface area contributed by atoms with Crippen molar-refractivity contribution in [1.82, 2.24) is 0 Å². The molecule has 3 heteroatoms. The maximum absolute atomic E-state index is 5.58. The topological polar surface area (TPSA) is 44.5 Å². The molecule has 1 aromatic rings. The van der Waals surface area contributed by atoms with Gasteiger partial charge in [-0.1, -0.05) is 12.1 Å². The van der Waals surface area contributed by atoms with Gasteiger partial charge in [0, 0.05) is 5.69 Å². The molecule has 0 amide bonds. The molecule has 0 aliphatic rings. The Bertz CT molecular complexity index is 269. The molecule has 0 aliphatic heterocycles. The highest BCUT2D eigenvalue weighted by Crippen LogP contribution is 2.06. The van der Waals surface area contributed by atoms with Crippen LogP contribution in [0.1, 0.15) is 19.4 Å². The van der Waals surface area contributed by atoms with Crippen molar-refractivity contribution in [3.63, 3.8) is 0 Å². The number of ether oxygens (including phenoxy) is 2. The highest BCUT2D eigenvalue weighted by atomic mass is 16.5. The molecule has 1 aromatic carbocycles. The standard InChI is InChI=1S/C12H19NO2/c1-10(2)15-8-7-14-9-11-3-5-12(13)6-4-11/h3-6,10H,7-9,13H2,1-2H3. The summed E-state index contributed by atoms with van der Waals surface area (Å²) in [6.07, 6.45) is 0.269. The molecule has 0 bridgehead atoms. The summed E-state index contributed by atoms with van der Waals surface area (Å²) >= 11 is 0. The van der Waals surface area contributed by atoms with Gasteiger partial charge in [-0.3, -0.25) is 0 Å². The summed E-state index contributed by atoms with van der Waals surface area (Å²) in [4.78, 5) is 0. The Balaban J connectivity index is 2.12. The number of hydrogen-bond donors (Lipinski definition) is 1. The average Bonchev–Trinajstić information content (AvgIpc) is 2.20. The zero-order valence-corrected chi connectivity index (χ0v) is 9.40. The van der Waals surface area contributed by atoms with Crippen LogP contribution in [0.2, 0.25) is 0 Å². The number of benzene rings is 1. The van der Waals surface area contributed by atoms with E-state index in [1.54, 1.807) is 0 Å². The Morgan fingerprint density at radius 1 is 1.13 bits per heavy atom. The molecule has 0 unspecified atom stereocenters. The summed E-state index contributed by atoms with van der Waals surface area (Å²) in [6, 6.07) is 7.70. The maximum atomic E-state index is 5.58. The second-order valence-corrected chi connectivity index (χ2v) is 3.71. The van der Waals surface area contributed by atoms with Crippen LogP contribution in [0.3, 0.4) is 0 Å². The Hall–Kier alpha value is -1.06. The van der Waals surface area contributed by atoms with E-state index in [0.29, 0.717) is 19.8 Å². The second kappa shape index (κ2) is 6.43. The molecule has 84 valence electrons. The van der Waals surface area contributed by atoms with Crippen LogP contribution in [0.25, 0.3) is 0 Å². The summed E-state index contributed by atoms with van der Waals surface area (Å²) in [5.74, 6) is 0. The third kappa shape index (κ3) is 5.40. The van der Waals surface area contributed by atoms with Crippen molar-refractivity contribution >= 4 is 5.69 Å². The Labute approximate surface area is 91.2 Å². The van der Waals surface area contributed by atoms with Gasteiger partial charge in [0.25, 0.3) is 0 Å². The zero-order chi connectivity index (χ0) is 11.1. The largest absolute Gasteiger partial charge is 0.399 e. The predicted octanol–water partition coefficient (Wildman–Crippen LogP) is 2.21.